The van der Waals surface area contributed by atoms with Crippen LogP contribution in [0.5, 0.6) is 0 Å². The average molecular weight is 218 g/mol. The van der Waals surface area contributed by atoms with E-state index in [0.717, 1.165) is 0 Å². The smallest absolute Gasteiger partial charge is 0.304 e. The summed E-state index contributed by atoms with van der Waals surface area (Å²) in [5.74, 6) is 0. The Bertz CT molecular complexity index is 316. The van der Waals surface area contributed by atoms with Gasteiger partial charge in [-0.25, -0.2) is 5.09 Å². The van der Waals surface area contributed by atoms with Crippen LogP contribution in [0.1, 0.15) is 0 Å². The molecule has 0 bridgehead atoms. The molecule has 1 atom stereocenters. The van der Waals surface area contributed by atoms with Gasteiger partial charge in [0.05, 0.1) is 13.2 Å². The van der Waals surface area contributed by atoms with E-state index in [4.69, 9.17) is 0 Å². The normalized spacial score (nSPS) is 32.5. The SMILES string of the molecule is CNP1(=O)OCCN1S(=O)(=O)F. The maximum absolute atomic E-state index is 12.4. The van der Waals surface area contributed by atoms with Crippen molar-refractivity contribution in [3.05, 3.63) is 0 Å². The number of rotatable bonds is 2. The lowest BCUT2D eigenvalue weighted by Crippen LogP contribution is -2.25. The van der Waals surface area contributed by atoms with Crippen molar-refractivity contribution >= 4 is 18.1 Å². The van der Waals surface area contributed by atoms with E-state index in [1.165, 1.54) is 7.05 Å². The van der Waals surface area contributed by atoms with Crippen molar-refractivity contribution in [1.29, 1.82) is 0 Å². The van der Waals surface area contributed by atoms with Crippen molar-refractivity contribution in [3.63, 3.8) is 0 Å². The molecule has 1 saturated heterocycles. The van der Waals surface area contributed by atoms with Gasteiger partial charge in [0.2, 0.25) is 0 Å². The molecule has 1 aliphatic heterocycles. The Morgan fingerprint density at radius 1 is 1.67 bits per heavy atom. The van der Waals surface area contributed by atoms with Gasteiger partial charge in [0.1, 0.15) is 0 Å². The minimum atomic E-state index is -4.94. The molecule has 12 heavy (non-hydrogen) atoms. The van der Waals surface area contributed by atoms with Gasteiger partial charge in [0.25, 0.3) is 0 Å². The van der Waals surface area contributed by atoms with Crippen molar-refractivity contribution in [2.75, 3.05) is 20.2 Å². The van der Waals surface area contributed by atoms with E-state index in [2.05, 4.69) is 9.61 Å². The molecule has 1 rings (SSSR count). The zero-order valence-electron chi connectivity index (χ0n) is 6.23. The van der Waals surface area contributed by atoms with E-state index in [1.807, 2.05) is 0 Å². The lowest BCUT2D eigenvalue weighted by molar-refractivity contribution is 0.352. The van der Waals surface area contributed by atoms with E-state index in [-0.39, 0.29) is 17.2 Å². The molecule has 0 aromatic carbocycles. The van der Waals surface area contributed by atoms with E-state index >= 15 is 0 Å². The first-order chi connectivity index (χ1) is 5.40. The summed E-state index contributed by atoms with van der Waals surface area (Å²) in [6, 6.07) is 0. The van der Waals surface area contributed by atoms with Crippen molar-refractivity contribution in [2.45, 2.75) is 0 Å². The van der Waals surface area contributed by atoms with Crippen molar-refractivity contribution in [2.24, 2.45) is 0 Å². The van der Waals surface area contributed by atoms with Crippen molar-refractivity contribution in [1.82, 2.24) is 9.16 Å². The largest absolute Gasteiger partial charge is 0.383 e. The van der Waals surface area contributed by atoms with E-state index in [1.54, 1.807) is 0 Å². The second kappa shape index (κ2) is 3.04. The molecule has 9 heteroatoms. The summed E-state index contributed by atoms with van der Waals surface area (Å²) in [5.41, 5.74) is 0. The maximum atomic E-state index is 12.4. The first kappa shape index (κ1) is 10.1. The van der Waals surface area contributed by atoms with Gasteiger partial charge in [0, 0.05) is 0 Å². The molecule has 1 fully saturated rings. The molecule has 1 heterocycles. The fourth-order valence-electron chi connectivity index (χ4n) is 0.852. The Morgan fingerprint density at radius 3 is 2.58 bits per heavy atom. The molecule has 1 aliphatic rings. The van der Waals surface area contributed by atoms with Crippen LogP contribution in [-0.4, -0.2) is 32.7 Å². The molecule has 0 amide bonds. The van der Waals surface area contributed by atoms with Crippen molar-refractivity contribution < 1.29 is 21.4 Å². The lowest BCUT2D eigenvalue weighted by Gasteiger charge is -2.16. The Labute approximate surface area is 69.6 Å². The second-order valence-electron chi connectivity index (χ2n) is 2.07. The number of halogens is 1. The van der Waals surface area contributed by atoms with Crippen LogP contribution < -0.4 is 5.09 Å². The third kappa shape index (κ3) is 1.67. The summed E-state index contributed by atoms with van der Waals surface area (Å²) in [5, 5.41) is 2.14. The molecule has 1 unspecified atom stereocenters. The molecule has 0 aromatic heterocycles. The zero-order valence-corrected chi connectivity index (χ0v) is 7.94. The fourth-order valence-corrected chi connectivity index (χ4v) is 3.71. The van der Waals surface area contributed by atoms with Gasteiger partial charge in [-0.3, -0.25) is 4.57 Å². The van der Waals surface area contributed by atoms with Crippen molar-refractivity contribution in [3.8, 4) is 0 Å². The van der Waals surface area contributed by atoms with Crippen LogP contribution in [0, 0.1) is 0 Å². The molecule has 0 saturated carbocycles. The Morgan fingerprint density at radius 2 is 2.25 bits per heavy atom. The average Bonchev–Trinajstić information content (AvgIpc) is 2.31. The molecule has 0 radical (unpaired) electrons. The predicted octanol–water partition coefficient (Wildman–Crippen LogP) is -0.140. The highest BCUT2D eigenvalue weighted by molar-refractivity contribution is 7.90. The van der Waals surface area contributed by atoms with Crippen LogP contribution in [0.25, 0.3) is 0 Å². The summed E-state index contributed by atoms with van der Waals surface area (Å²) in [6.45, 7) is -0.293. The van der Waals surface area contributed by atoms with Crippen LogP contribution in [0.2, 0.25) is 0 Å². The van der Waals surface area contributed by atoms with E-state index in [9.17, 15) is 16.9 Å². The molecule has 1 N–H and O–H groups in total. The number of nitrogens with one attached hydrogen (secondary N) is 1. The minimum Gasteiger partial charge on any atom is -0.304 e. The first-order valence-electron chi connectivity index (χ1n) is 3.06. The summed E-state index contributed by atoms with van der Waals surface area (Å²) in [4.78, 5) is 0. The Hall–Kier alpha value is -0.0100. The summed E-state index contributed by atoms with van der Waals surface area (Å²) in [7, 11) is -7.36. The minimum absolute atomic E-state index is 0.0682. The molecule has 0 spiro atoms. The molecule has 72 valence electrons. The first-order valence-corrected chi connectivity index (χ1v) is 5.98. The second-order valence-corrected chi connectivity index (χ2v) is 5.83. The maximum Gasteiger partial charge on any atom is 0.383 e. The highest BCUT2D eigenvalue weighted by atomic mass is 32.3. The fraction of sp³-hybridized carbons (Fsp3) is 1.00. The van der Waals surface area contributed by atoms with Gasteiger partial charge >= 0.3 is 18.1 Å². The molecule has 6 nitrogen and oxygen atoms in total. The monoisotopic (exact) mass is 218 g/mol. The third-order valence-corrected chi connectivity index (χ3v) is 5.18. The summed E-state index contributed by atoms with van der Waals surface area (Å²) < 4.78 is 49.2. The highest BCUT2D eigenvalue weighted by Crippen LogP contribution is 2.51. The van der Waals surface area contributed by atoms with Gasteiger partial charge in [-0.15, -0.1) is 0 Å². The Balaban J connectivity index is 3.01. The van der Waals surface area contributed by atoms with E-state index in [0.29, 0.717) is 0 Å². The number of nitrogens with zero attached hydrogens (tertiary/aromatic N) is 1. The van der Waals surface area contributed by atoms with E-state index < -0.39 is 18.1 Å². The van der Waals surface area contributed by atoms with Crippen LogP contribution in [0.4, 0.5) is 3.89 Å². The standard InChI is InChI=1S/C3H8FN2O4PS/c1-5-11(7)6(2-3-10-11)12(4,8)9/h2-3H2,1H3,(H,5,7). The molecule has 0 aromatic rings. The Kier molecular flexibility index (Phi) is 2.55. The van der Waals surface area contributed by atoms with Gasteiger partial charge in [-0.1, -0.05) is 7.96 Å². The topological polar surface area (TPSA) is 75.7 Å². The highest BCUT2D eigenvalue weighted by Gasteiger charge is 2.44. The van der Waals surface area contributed by atoms with Gasteiger partial charge in [-0.2, -0.15) is 8.42 Å². The summed E-state index contributed by atoms with van der Waals surface area (Å²) in [6.07, 6.45) is 0. The molecular formula is C3H8FN2O4PS. The molecule has 0 aliphatic carbocycles. The van der Waals surface area contributed by atoms with Crippen LogP contribution >= 0.6 is 7.67 Å². The third-order valence-electron chi connectivity index (χ3n) is 1.38. The summed E-state index contributed by atoms with van der Waals surface area (Å²) >= 11 is 0. The number of hydrogen-bond donors (Lipinski definition) is 1. The van der Waals surface area contributed by atoms with Crippen LogP contribution in [0.3, 0.4) is 0 Å². The predicted molar refractivity (Wildman–Crippen MR) is 39.4 cm³/mol. The number of hydrogen-bond acceptors (Lipinski definition) is 4. The quantitative estimate of drug-likeness (QED) is 0.515. The zero-order chi connectivity index (χ0) is 9.41. The van der Waals surface area contributed by atoms with Gasteiger partial charge in [-0.05, 0) is 7.05 Å². The van der Waals surface area contributed by atoms with Gasteiger partial charge in [0.15, 0.2) is 0 Å². The van der Waals surface area contributed by atoms with Crippen LogP contribution in [-0.2, 0) is 19.5 Å². The lowest BCUT2D eigenvalue weighted by atomic mass is 10.8. The molecular weight excluding hydrogens is 210 g/mol. The van der Waals surface area contributed by atoms with Crippen LogP contribution in [0.15, 0.2) is 0 Å². The van der Waals surface area contributed by atoms with Gasteiger partial charge < -0.3 is 4.52 Å².